The summed E-state index contributed by atoms with van der Waals surface area (Å²) in [6.45, 7) is 0. The van der Waals surface area contributed by atoms with Crippen LogP contribution >= 0.6 is 0 Å². The van der Waals surface area contributed by atoms with Crippen molar-refractivity contribution in [1.82, 2.24) is 0 Å². The average molecular weight is 292 g/mol. The number of benzene rings is 3. The third-order valence-corrected chi connectivity index (χ3v) is 3.98. The van der Waals surface area contributed by atoms with Gasteiger partial charge in [-0.05, 0) is 39.6 Å². The molecule has 0 radical (unpaired) electrons. The van der Waals surface area contributed by atoms with Crippen molar-refractivity contribution in [1.29, 1.82) is 0 Å². The van der Waals surface area contributed by atoms with E-state index in [-0.39, 0.29) is 6.42 Å². The second-order valence-electron chi connectivity index (χ2n) is 5.36. The molecule has 0 saturated heterocycles. The van der Waals surface area contributed by atoms with Crippen LogP contribution in [0.2, 0.25) is 0 Å². The molecule has 0 bridgehead atoms. The van der Waals surface area contributed by atoms with Crippen molar-refractivity contribution < 1.29 is 9.59 Å². The van der Waals surface area contributed by atoms with Gasteiger partial charge in [0, 0.05) is 0 Å². The smallest absolute Gasteiger partial charge is 0.230 e. The number of carbonyl (C=O) groups is 2. The molecule has 22 heavy (non-hydrogen) atoms. The molecule has 4 N–H and O–H groups in total. The van der Waals surface area contributed by atoms with Crippen molar-refractivity contribution in [3.8, 4) is 0 Å². The van der Waals surface area contributed by atoms with E-state index in [1.807, 2.05) is 48.5 Å². The summed E-state index contributed by atoms with van der Waals surface area (Å²) in [5, 5.41) is 4.13. The standard InChI is InChI=1S/C18H16N2O2/c19-17(21)16(18(20)22)10-15-13-7-3-1-5-11(13)9-12-6-2-4-8-14(12)15/h1-9,16H,10H2,(H2,19,21)(H2,20,22). The highest BCUT2D eigenvalue weighted by Crippen LogP contribution is 2.30. The Labute approximate surface area is 127 Å². The normalized spacial score (nSPS) is 11.1. The maximum atomic E-state index is 11.5. The first kappa shape index (κ1) is 14.1. The largest absolute Gasteiger partial charge is 0.369 e. The number of hydrogen-bond acceptors (Lipinski definition) is 2. The van der Waals surface area contributed by atoms with E-state index in [0.29, 0.717) is 0 Å². The highest BCUT2D eigenvalue weighted by molar-refractivity contribution is 6.04. The summed E-state index contributed by atoms with van der Waals surface area (Å²) in [6.07, 6.45) is 0.215. The summed E-state index contributed by atoms with van der Waals surface area (Å²) in [7, 11) is 0. The molecule has 0 atom stereocenters. The summed E-state index contributed by atoms with van der Waals surface area (Å²) in [6, 6.07) is 17.9. The van der Waals surface area contributed by atoms with Crippen molar-refractivity contribution >= 4 is 33.4 Å². The molecular weight excluding hydrogens is 276 g/mol. The lowest BCUT2D eigenvalue weighted by Crippen LogP contribution is -2.36. The topological polar surface area (TPSA) is 86.2 Å². The molecule has 3 aromatic rings. The number of nitrogens with two attached hydrogens (primary N) is 2. The van der Waals surface area contributed by atoms with E-state index in [1.54, 1.807) is 0 Å². The predicted octanol–water partition coefficient (Wildman–Crippen LogP) is 2.12. The Bertz CT molecular complexity index is 819. The van der Waals surface area contributed by atoms with Crippen LogP contribution in [-0.4, -0.2) is 11.8 Å². The zero-order chi connectivity index (χ0) is 15.7. The van der Waals surface area contributed by atoms with Crippen LogP contribution in [0.15, 0.2) is 54.6 Å². The van der Waals surface area contributed by atoms with Crippen LogP contribution in [0.5, 0.6) is 0 Å². The summed E-state index contributed by atoms with van der Waals surface area (Å²) in [4.78, 5) is 23.1. The Balaban J connectivity index is 2.28. The van der Waals surface area contributed by atoms with Gasteiger partial charge in [0.25, 0.3) is 0 Å². The molecule has 0 aliphatic heterocycles. The molecule has 2 amide bonds. The molecule has 0 unspecified atom stereocenters. The Kier molecular flexibility index (Phi) is 3.51. The van der Waals surface area contributed by atoms with E-state index in [0.717, 1.165) is 27.1 Å². The molecule has 0 saturated carbocycles. The average Bonchev–Trinajstić information content (AvgIpc) is 2.50. The lowest BCUT2D eigenvalue weighted by molar-refractivity contribution is -0.131. The van der Waals surface area contributed by atoms with Gasteiger partial charge >= 0.3 is 0 Å². The Hall–Kier alpha value is -2.88. The van der Waals surface area contributed by atoms with Gasteiger partial charge < -0.3 is 11.5 Å². The number of hydrogen-bond donors (Lipinski definition) is 2. The van der Waals surface area contributed by atoms with Gasteiger partial charge in [-0.1, -0.05) is 48.5 Å². The van der Waals surface area contributed by atoms with Crippen LogP contribution in [0.3, 0.4) is 0 Å². The highest BCUT2D eigenvalue weighted by Gasteiger charge is 2.24. The molecule has 0 aliphatic carbocycles. The fraction of sp³-hybridized carbons (Fsp3) is 0.111. The van der Waals surface area contributed by atoms with Gasteiger partial charge in [-0.15, -0.1) is 0 Å². The molecule has 3 aromatic carbocycles. The highest BCUT2D eigenvalue weighted by atomic mass is 16.2. The molecule has 0 aromatic heterocycles. The maximum Gasteiger partial charge on any atom is 0.230 e. The molecule has 3 rings (SSSR count). The molecule has 0 heterocycles. The molecule has 4 nitrogen and oxygen atoms in total. The van der Waals surface area contributed by atoms with Crippen LogP contribution in [0.1, 0.15) is 5.56 Å². The molecule has 4 heteroatoms. The van der Waals surface area contributed by atoms with E-state index >= 15 is 0 Å². The zero-order valence-corrected chi connectivity index (χ0v) is 12.0. The first-order valence-electron chi connectivity index (χ1n) is 7.06. The monoisotopic (exact) mass is 292 g/mol. The van der Waals surface area contributed by atoms with Gasteiger partial charge in [0.1, 0.15) is 5.92 Å². The van der Waals surface area contributed by atoms with E-state index in [4.69, 9.17) is 11.5 Å². The zero-order valence-electron chi connectivity index (χ0n) is 12.0. The summed E-state index contributed by atoms with van der Waals surface area (Å²) < 4.78 is 0. The number of carbonyl (C=O) groups excluding carboxylic acids is 2. The Morgan fingerprint density at radius 1 is 0.818 bits per heavy atom. The minimum Gasteiger partial charge on any atom is -0.369 e. The van der Waals surface area contributed by atoms with Crippen LogP contribution in [-0.2, 0) is 16.0 Å². The van der Waals surface area contributed by atoms with Gasteiger partial charge in [-0.25, -0.2) is 0 Å². The lowest BCUT2D eigenvalue weighted by atomic mass is 9.89. The second kappa shape index (κ2) is 5.48. The molecule has 110 valence electrons. The Morgan fingerprint density at radius 2 is 1.27 bits per heavy atom. The van der Waals surface area contributed by atoms with Crippen LogP contribution in [0, 0.1) is 5.92 Å². The van der Waals surface area contributed by atoms with E-state index in [1.165, 1.54) is 0 Å². The number of rotatable bonds is 4. The Morgan fingerprint density at radius 3 is 1.73 bits per heavy atom. The van der Waals surface area contributed by atoms with E-state index in [9.17, 15) is 9.59 Å². The van der Waals surface area contributed by atoms with Gasteiger partial charge in [-0.2, -0.15) is 0 Å². The first-order valence-corrected chi connectivity index (χ1v) is 7.06. The fourth-order valence-electron chi connectivity index (χ4n) is 2.87. The van der Waals surface area contributed by atoms with Crippen molar-refractivity contribution in [2.75, 3.05) is 0 Å². The molecular formula is C18H16N2O2. The summed E-state index contributed by atoms with van der Waals surface area (Å²) in [5.41, 5.74) is 11.6. The molecule has 0 fully saturated rings. The van der Waals surface area contributed by atoms with Crippen molar-refractivity contribution in [3.63, 3.8) is 0 Å². The summed E-state index contributed by atoms with van der Waals surface area (Å²) in [5.74, 6) is -2.39. The van der Waals surface area contributed by atoms with Crippen LogP contribution in [0.25, 0.3) is 21.5 Å². The number of amides is 2. The summed E-state index contributed by atoms with van der Waals surface area (Å²) >= 11 is 0. The van der Waals surface area contributed by atoms with Crippen molar-refractivity contribution in [3.05, 3.63) is 60.2 Å². The van der Waals surface area contributed by atoms with Crippen LogP contribution < -0.4 is 11.5 Å². The van der Waals surface area contributed by atoms with Gasteiger partial charge in [-0.3, -0.25) is 9.59 Å². The number of fused-ring (bicyclic) bond motifs is 2. The fourth-order valence-corrected chi connectivity index (χ4v) is 2.87. The van der Waals surface area contributed by atoms with E-state index in [2.05, 4.69) is 6.07 Å². The van der Waals surface area contributed by atoms with E-state index < -0.39 is 17.7 Å². The van der Waals surface area contributed by atoms with Crippen molar-refractivity contribution in [2.24, 2.45) is 17.4 Å². The van der Waals surface area contributed by atoms with Gasteiger partial charge in [0.2, 0.25) is 11.8 Å². The molecule has 0 aliphatic rings. The third kappa shape index (κ3) is 2.39. The van der Waals surface area contributed by atoms with Crippen molar-refractivity contribution in [2.45, 2.75) is 6.42 Å². The maximum absolute atomic E-state index is 11.5. The predicted molar refractivity (Wildman–Crippen MR) is 87.0 cm³/mol. The first-order chi connectivity index (χ1) is 10.6. The quantitative estimate of drug-likeness (QED) is 0.570. The third-order valence-electron chi connectivity index (χ3n) is 3.98. The lowest BCUT2D eigenvalue weighted by Gasteiger charge is -2.15. The molecule has 0 spiro atoms. The van der Waals surface area contributed by atoms with Crippen LogP contribution in [0.4, 0.5) is 0 Å². The minimum absolute atomic E-state index is 0.215. The second-order valence-corrected chi connectivity index (χ2v) is 5.36. The SMILES string of the molecule is NC(=O)C(Cc1c2ccccc2cc2ccccc12)C(N)=O. The van der Waals surface area contributed by atoms with Gasteiger partial charge in [0.05, 0.1) is 0 Å². The van der Waals surface area contributed by atoms with Gasteiger partial charge in [0.15, 0.2) is 0 Å². The minimum atomic E-state index is -1.01. The number of primary amides is 2.